The van der Waals surface area contributed by atoms with Gasteiger partial charge in [0.05, 0.1) is 5.52 Å². The lowest BCUT2D eigenvalue weighted by Gasteiger charge is -2.12. The molecule has 90 valence electrons. The zero-order valence-corrected chi connectivity index (χ0v) is 9.95. The van der Waals surface area contributed by atoms with Crippen LogP contribution < -0.4 is 4.90 Å². The van der Waals surface area contributed by atoms with Crippen molar-refractivity contribution in [2.45, 2.75) is 12.8 Å². The highest BCUT2D eigenvalue weighted by molar-refractivity contribution is 5.82. The third kappa shape index (κ3) is 1.30. The standard InChI is InChI=1S/C13H13N5/c1-2-6-11-10(5-1)9-14-12-13(15-16-18(11)12)17-7-3-4-8-17/h1-2,5-6,9H,3-4,7-8H2. The van der Waals surface area contributed by atoms with Crippen molar-refractivity contribution in [1.82, 2.24) is 19.8 Å². The summed E-state index contributed by atoms with van der Waals surface area (Å²) in [6.45, 7) is 2.12. The van der Waals surface area contributed by atoms with E-state index < -0.39 is 0 Å². The molecule has 18 heavy (non-hydrogen) atoms. The van der Waals surface area contributed by atoms with Crippen LogP contribution in [0.4, 0.5) is 5.82 Å². The summed E-state index contributed by atoms with van der Waals surface area (Å²) >= 11 is 0. The fraction of sp³-hybridized carbons (Fsp3) is 0.308. The highest BCUT2D eigenvalue weighted by Crippen LogP contribution is 2.23. The van der Waals surface area contributed by atoms with E-state index in [2.05, 4.69) is 20.2 Å². The molecular weight excluding hydrogens is 226 g/mol. The number of anilines is 1. The van der Waals surface area contributed by atoms with E-state index in [1.165, 1.54) is 12.8 Å². The molecule has 2 aromatic heterocycles. The molecule has 5 heteroatoms. The summed E-state index contributed by atoms with van der Waals surface area (Å²) in [5.74, 6) is 0.915. The van der Waals surface area contributed by atoms with Gasteiger partial charge >= 0.3 is 0 Å². The van der Waals surface area contributed by atoms with Crippen molar-refractivity contribution in [1.29, 1.82) is 0 Å². The highest BCUT2D eigenvalue weighted by atomic mass is 15.5. The Morgan fingerprint density at radius 1 is 1.06 bits per heavy atom. The van der Waals surface area contributed by atoms with Crippen LogP contribution in [-0.4, -0.2) is 32.9 Å². The number of rotatable bonds is 1. The minimum Gasteiger partial charge on any atom is -0.352 e. The van der Waals surface area contributed by atoms with Crippen molar-refractivity contribution in [3.8, 4) is 0 Å². The molecule has 0 unspecified atom stereocenters. The van der Waals surface area contributed by atoms with Crippen LogP contribution in [0.5, 0.6) is 0 Å². The van der Waals surface area contributed by atoms with Gasteiger partial charge in [0.2, 0.25) is 5.65 Å². The van der Waals surface area contributed by atoms with Crippen LogP contribution in [0, 0.1) is 0 Å². The van der Waals surface area contributed by atoms with Crippen molar-refractivity contribution in [2.75, 3.05) is 18.0 Å². The van der Waals surface area contributed by atoms with Gasteiger partial charge < -0.3 is 4.90 Å². The van der Waals surface area contributed by atoms with E-state index in [1.54, 1.807) is 0 Å². The Balaban J connectivity index is 1.99. The second-order valence-electron chi connectivity index (χ2n) is 4.66. The smallest absolute Gasteiger partial charge is 0.200 e. The van der Waals surface area contributed by atoms with Crippen LogP contribution in [0.25, 0.3) is 16.6 Å². The lowest BCUT2D eigenvalue weighted by atomic mass is 10.2. The molecule has 0 bridgehead atoms. The summed E-state index contributed by atoms with van der Waals surface area (Å²) in [6.07, 6.45) is 4.35. The number of fused-ring (bicyclic) bond motifs is 3. The van der Waals surface area contributed by atoms with Crippen LogP contribution in [0.15, 0.2) is 30.5 Å². The van der Waals surface area contributed by atoms with Gasteiger partial charge in [-0.25, -0.2) is 4.98 Å². The summed E-state index contributed by atoms with van der Waals surface area (Å²) < 4.78 is 1.84. The van der Waals surface area contributed by atoms with E-state index in [1.807, 2.05) is 35.0 Å². The molecule has 0 aliphatic carbocycles. The van der Waals surface area contributed by atoms with E-state index in [9.17, 15) is 0 Å². The second-order valence-corrected chi connectivity index (χ2v) is 4.66. The van der Waals surface area contributed by atoms with Gasteiger partial charge in [-0.2, -0.15) is 4.52 Å². The summed E-state index contributed by atoms with van der Waals surface area (Å²) in [5, 5.41) is 9.64. The van der Waals surface area contributed by atoms with Crippen LogP contribution in [0.2, 0.25) is 0 Å². The summed E-state index contributed by atoms with van der Waals surface area (Å²) in [6, 6.07) is 8.11. The van der Waals surface area contributed by atoms with Crippen molar-refractivity contribution < 1.29 is 0 Å². The van der Waals surface area contributed by atoms with Crippen molar-refractivity contribution >= 4 is 22.4 Å². The van der Waals surface area contributed by atoms with Crippen molar-refractivity contribution in [2.24, 2.45) is 0 Å². The van der Waals surface area contributed by atoms with E-state index in [0.717, 1.165) is 35.5 Å². The average Bonchev–Trinajstić information content (AvgIpc) is 3.07. The first-order valence-electron chi connectivity index (χ1n) is 6.27. The minimum absolute atomic E-state index is 0.857. The summed E-state index contributed by atoms with van der Waals surface area (Å²) in [5.41, 5.74) is 1.91. The monoisotopic (exact) mass is 239 g/mol. The largest absolute Gasteiger partial charge is 0.352 e. The van der Waals surface area contributed by atoms with Crippen LogP contribution in [0.3, 0.4) is 0 Å². The van der Waals surface area contributed by atoms with E-state index >= 15 is 0 Å². The molecule has 0 radical (unpaired) electrons. The molecule has 0 atom stereocenters. The first-order valence-corrected chi connectivity index (χ1v) is 6.27. The van der Waals surface area contributed by atoms with Gasteiger partial charge in [0.15, 0.2) is 5.82 Å². The molecule has 4 rings (SSSR count). The molecule has 0 saturated carbocycles. The maximum absolute atomic E-state index is 4.51. The van der Waals surface area contributed by atoms with Gasteiger partial charge in [0.25, 0.3) is 0 Å². The molecule has 1 aromatic carbocycles. The molecule has 1 aliphatic heterocycles. The van der Waals surface area contributed by atoms with Crippen molar-refractivity contribution in [3.63, 3.8) is 0 Å². The Morgan fingerprint density at radius 2 is 1.89 bits per heavy atom. The SMILES string of the molecule is c1ccc2c(c1)cnc1c(N3CCCC3)nnn12. The van der Waals surface area contributed by atoms with Gasteiger partial charge in [-0.1, -0.05) is 23.4 Å². The third-order valence-corrected chi connectivity index (χ3v) is 3.53. The average molecular weight is 239 g/mol. The number of hydrogen-bond acceptors (Lipinski definition) is 4. The lowest BCUT2D eigenvalue weighted by Crippen LogP contribution is -2.18. The van der Waals surface area contributed by atoms with Gasteiger partial charge in [0, 0.05) is 24.7 Å². The Hall–Kier alpha value is -2.17. The molecule has 5 nitrogen and oxygen atoms in total. The normalized spacial score (nSPS) is 15.9. The molecule has 0 spiro atoms. The molecule has 3 heterocycles. The van der Waals surface area contributed by atoms with Crippen LogP contribution >= 0.6 is 0 Å². The number of para-hydroxylation sites is 1. The maximum atomic E-state index is 4.51. The number of nitrogens with zero attached hydrogens (tertiary/aromatic N) is 5. The summed E-state index contributed by atoms with van der Waals surface area (Å²) in [4.78, 5) is 6.78. The topological polar surface area (TPSA) is 46.3 Å². The first-order chi connectivity index (χ1) is 8.93. The van der Waals surface area contributed by atoms with Gasteiger partial charge in [0.1, 0.15) is 0 Å². The Bertz CT molecular complexity index is 712. The maximum Gasteiger partial charge on any atom is 0.200 e. The predicted octanol–water partition coefficient (Wildman–Crippen LogP) is 1.88. The Labute approximate surface area is 104 Å². The molecular formula is C13H13N5. The van der Waals surface area contributed by atoms with E-state index in [4.69, 9.17) is 0 Å². The second kappa shape index (κ2) is 3.66. The predicted molar refractivity (Wildman–Crippen MR) is 69.7 cm³/mol. The van der Waals surface area contributed by atoms with Gasteiger partial charge in [-0.3, -0.25) is 0 Å². The van der Waals surface area contributed by atoms with E-state index in [0.29, 0.717) is 0 Å². The van der Waals surface area contributed by atoms with Crippen LogP contribution in [0.1, 0.15) is 12.8 Å². The summed E-state index contributed by atoms with van der Waals surface area (Å²) in [7, 11) is 0. The van der Waals surface area contributed by atoms with Crippen LogP contribution in [-0.2, 0) is 0 Å². The minimum atomic E-state index is 0.857. The third-order valence-electron chi connectivity index (χ3n) is 3.53. The number of hydrogen-bond donors (Lipinski definition) is 0. The zero-order chi connectivity index (χ0) is 11.9. The lowest BCUT2D eigenvalue weighted by molar-refractivity contribution is 0.858. The van der Waals surface area contributed by atoms with E-state index in [-0.39, 0.29) is 0 Å². The number of aromatic nitrogens is 4. The zero-order valence-electron chi connectivity index (χ0n) is 9.95. The molecule has 1 saturated heterocycles. The molecule has 1 aliphatic rings. The molecule has 3 aromatic rings. The Morgan fingerprint density at radius 3 is 2.78 bits per heavy atom. The first kappa shape index (κ1) is 9.82. The van der Waals surface area contributed by atoms with Gasteiger partial charge in [-0.05, 0) is 18.9 Å². The highest BCUT2D eigenvalue weighted by Gasteiger charge is 2.19. The van der Waals surface area contributed by atoms with Gasteiger partial charge in [-0.15, -0.1) is 5.10 Å². The molecule has 1 fully saturated rings. The number of benzene rings is 1. The fourth-order valence-corrected chi connectivity index (χ4v) is 2.60. The fourth-order valence-electron chi connectivity index (χ4n) is 2.60. The Kier molecular flexibility index (Phi) is 2.00. The molecule has 0 N–H and O–H groups in total. The molecule has 0 amide bonds. The quantitative estimate of drug-likeness (QED) is 0.650. The van der Waals surface area contributed by atoms with Crippen molar-refractivity contribution in [3.05, 3.63) is 30.5 Å².